The van der Waals surface area contributed by atoms with Crippen molar-refractivity contribution in [2.75, 3.05) is 6.54 Å². The van der Waals surface area contributed by atoms with E-state index >= 15 is 0 Å². The number of aromatic nitrogens is 3. The quantitative estimate of drug-likeness (QED) is 0.563. The summed E-state index contributed by atoms with van der Waals surface area (Å²) in [5.74, 6) is 2.81. The number of aryl methyl sites for hydroxylation is 1. The van der Waals surface area contributed by atoms with E-state index in [9.17, 15) is 4.39 Å². The molecule has 1 heterocycles. The van der Waals surface area contributed by atoms with Crippen LogP contribution in [0.15, 0.2) is 29.3 Å². The number of aliphatic imine (C=N–C) groups is 1. The van der Waals surface area contributed by atoms with Crippen molar-refractivity contribution in [3.63, 3.8) is 0 Å². The number of nitrogens with one attached hydrogen (secondary N) is 2. The first-order valence-electron chi connectivity index (χ1n) is 9.83. The molecule has 28 heavy (non-hydrogen) atoms. The first kappa shape index (κ1) is 20.1. The van der Waals surface area contributed by atoms with Gasteiger partial charge in [0.05, 0.1) is 6.54 Å². The van der Waals surface area contributed by atoms with Gasteiger partial charge >= 0.3 is 0 Å². The fraction of sp³-hybridized carbons (Fsp3) is 0.550. The molecule has 1 unspecified atom stereocenters. The largest absolute Gasteiger partial charge is 0.489 e. The van der Waals surface area contributed by atoms with Crippen molar-refractivity contribution >= 4 is 5.96 Å². The van der Waals surface area contributed by atoms with E-state index in [2.05, 4.69) is 25.8 Å². The standard InChI is InChI=1S/C20H29FN6O/c1-14(28-18-10-8-16(21)9-11-18)12-22-20(24-17-6-4-5-7-17)23-13-19-26-25-15(2)27(19)3/h8-11,14,17H,4-7,12-13H2,1-3H3,(H2,22,23,24). The predicted octanol–water partition coefficient (Wildman–Crippen LogP) is 2.71. The maximum Gasteiger partial charge on any atom is 0.192 e. The van der Waals surface area contributed by atoms with Crippen LogP contribution in [0, 0.1) is 12.7 Å². The van der Waals surface area contributed by atoms with E-state index in [0.717, 1.165) is 30.5 Å². The lowest BCUT2D eigenvalue weighted by Crippen LogP contribution is -2.45. The predicted molar refractivity (Wildman–Crippen MR) is 107 cm³/mol. The Labute approximate surface area is 165 Å². The van der Waals surface area contributed by atoms with Crippen molar-refractivity contribution in [1.29, 1.82) is 0 Å². The monoisotopic (exact) mass is 388 g/mol. The summed E-state index contributed by atoms with van der Waals surface area (Å²) in [5, 5.41) is 15.1. The van der Waals surface area contributed by atoms with Crippen molar-refractivity contribution in [3.8, 4) is 5.75 Å². The zero-order chi connectivity index (χ0) is 19.9. The van der Waals surface area contributed by atoms with E-state index in [0.29, 0.717) is 24.9 Å². The van der Waals surface area contributed by atoms with Gasteiger partial charge < -0.3 is 19.9 Å². The van der Waals surface area contributed by atoms with E-state index in [1.807, 2.05) is 25.5 Å². The van der Waals surface area contributed by atoms with E-state index < -0.39 is 0 Å². The highest BCUT2D eigenvalue weighted by atomic mass is 19.1. The maximum absolute atomic E-state index is 13.0. The number of halogens is 1. The van der Waals surface area contributed by atoms with Crippen molar-refractivity contribution in [2.45, 2.75) is 58.2 Å². The van der Waals surface area contributed by atoms with Gasteiger partial charge in [-0.25, -0.2) is 9.38 Å². The average molecular weight is 388 g/mol. The first-order chi connectivity index (χ1) is 13.5. The van der Waals surface area contributed by atoms with Crippen LogP contribution in [0.4, 0.5) is 4.39 Å². The van der Waals surface area contributed by atoms with Gasteiger partial charge in [0.25, 0.3) is 0 Å². The van der Waals surface area contributed by atoms with Gasteiger partial charge in [-0.05, 0) is 51.0 Å². The highest BCUT2D eigenvalue weighted by Crippen LogP contribution is 2.17. The number of hydrogen-bond acceptors (Lipinski definition) is 4. The summed E-state index contributed by atoms with van der Waals surface area (Å²) in [6.45, 7) is 4.92. The molecule has 0 bridgehead atoms. The number of benzene rings is 1. The highest BCUT2D eigenvalue weighted by molar-refractivity contribution is 5.80. The third-order valence-corrected chi connectivity index (χ3v) is 4.97. The fourth-order valence-corrected chi connectivity index (χ4v) is 3.18. The van der Waals surface area contributed by atoms with E-state index in [1.165, 1.54) is 25.0 Å². The molecule has 0 spiro atoms. The lowest BCUT2D eigenvalue weighted by Gasteiger charge is -2.20. The van der Waals surface area contributed by atoms with Crippen LogP contribution in [0.25, 0.3) is 0 Å². The molecule has 0 aliphatic heterocycles. The second kappa shape index (κ2) is 9.52. The molecule has 2 aromatic rings. The second-order valence-electron chi connectivity index (χ2n) is 7.28. The van der Waals surface area contributed by atoms with Gasteiger partial charge in [0.1, 0.15) is 30.0 Å². The van der Waals surface area contributed by atoms with Gasteiger partial charge in [-0.15, -0.1) is 10.2 Å². The van der Waals surface area contributed by atoms with Crippen molar-refractivity contribution < 1.29 is 9.13 Å². The number of ether oxygens (including phenoxy) is 1. The van der Waals surface area contributed by atoms with E-state index in [1.54, 1.807) is 12.1 Å². The van der Waals surface area contributed by atoms with E-state index in [4.69, 9.17) is 4.74 Å². The Bertz CT molecular complexity index is 782. The Morgan fingerprint density at radius 3 is 2.64 bits per heavy atom. The van der Waals surface area contributed by atoms with Crippen molar-refractivity contribution in [3.05, 3.63) is 41.7 Å². The molecule has 1 fully saturated rings. The minimum absolute atomic E-state index is 0.0990. The molecule has 1 aliphatic carbocycles. The first-order valence-corrected chi connectivity index (χ1v) is 9.83. The molecule has 0 radical (unpaired) electrons. The van der Waals surface area contributed by atoms with Crippen LogP contribution < -0.4 is 15.4 Å². The maximum atomic E-state index is 13.0. The summed E-state index contributed by atoms with van der Waals surface area (Å²) in [6.07, 6.45) is 4.71. The zero-order valence-corrected chi connectivity index (χ0v) is 16.8. The van der Waals surface area contributed by atoms with Gasteiger partial charge in [0.15, 0.2) is 11.8 Å². The molecule has 1 aromatic heterocycles. The third kappa shape index (κ3) is 5.68. The Morgan fingerprint density at radius 2 is 2.00 bits per heavy atom. The van der Waals surface area contributed by atoms with Crippen LogP contribution >= 0.6 is 0 Å². The molecule has 2 N–H and O–H groups in total. The Morgan fingerprint density at radius 1 is 1.29 bits per heavy atom. The van der Waals surface area contributed by atoms with Crippen molar-refractivity contribution in [1.82, 2.24) is 25.4 Å². The SMILES string of the molecule is Cc1nnc(CN=C(NCC(C)Oc2ccc(F)cc2)NC2CCCC2)n1C. The fourth-order valence-electron chi connectivity index (χ4n) is 3.18. The summed E-state index contributed by atoms with van der Waals surface area (Å²) in [4.78, 5) is 4.69. The summed E-state index contributed by atoms with van der Waals surface area (Å²) in [5.41, 5.74) is 0. The van der Waals surface area contributed by atoms with Crippen LogP contribution in [0.3, 0.4) is 0 Å². The van der Waals surface area contributed by atoms with Crippen LogP contribution in [0.1, 0.15) is 44.3 Å². The summed E-state index contributed by atoms with van der Waals surface area (Å²) < 4.78 is 20.8. The Hall–Kier alpha value is -2.64. The topological polar surface area (TPSA) is 76.4 Å². The molecule has 1 aliphatic rings. The molecule has 1 atom stereocenters. The Kier molecular flexibility index (Phi) is 6.84. The van der Waals surface area contributed by atoms with Crippen LogP contribution in [0.5, 0.6) is 5.75 Å². The molecule has 8 heteroatoms. The Balaban J connectivity index is 1.58. The van der Waals surface area contributed by atoms with Crippen LogP contribution in [0.2, 0.25) is 0 Å². The average Bonchev–Trinajstić information content (AvgIpc) is 3.30. The number of hydrogen-bond donors (Lipinski definition) is 2. The number of nitrogens with zero attached hydrogens (tertiary/aromatic N) is 4. The molecule has 7 nitrogen and oxygen atoms in total. The summed E-state index contributed by atoms with van der Waals surface area (Å²) in [6, 6.07) is 6.50. The molecule has 1 saturated carbocycles. The molecular formula is C20H29FN6O. The lowest BCUT2D eigenvalue weighted by molar-refractivity contribution is 0.223. The van der Waals surface area contributed by atoms with Gasteiger partial charge in [-0.1, -0.05) is 12.8 Å². The third-order valence-electron chi connectivity index (χ3n) is 4.97. The summed E-state index contributed by atoms with van der Waals surface area (Å²) in [7, 11) is 1.94. The van der Waals surface area contributed by atoms with Crippen molar-refractivity contribution in [2.24, 2.45) is 12.0 Å². The van der Waals surface area contributed by atoms with Gasteiger partial charge in [-0.2, -0.15) is 0 Å². The smallest absolute Gasteiger partial charge is 0.192 e. The minimum atomic E-state index is -0.271. The highest BCUT2D eigenvalue weighted by Gasteiger charge is 2.17. The molecule has 1 aromatic carbocycles. The van der Waals surface area contributed by atoms with E-state index in [-0.39, 0.29) is 11.9 Å². The van der Waals surface area contributed by atoms with Gasteiger partial charge in [-0.3, -0.25) is 0 Å². The number of rotatable bonds is 7. The molecule has 0 amide bonds. The lowest BCUT2D eigenvalue weighted by atomic mass is 10.2. The normalized spacial score (nSPS) is 16.2. The van der Waals surface area contributed by atoms with Crippen LogP contribution in [-0.2, 0) is 13.6 Å². The zero-order valence-electron chi connectivity index (χ0n) is 16.8. The summed E-state index contributed by atoms with van der Waals surface area (Å²) >= 11 is 0. The van der Waals surface area contributed by atoms with Gasteiger partial charge in [0.2, 0.25) is 0 Å². The molecule has 0 saturated heterocycles. The molecule has 3 rings (SSSR count). The van der Waals surface area contributed by atoms with Crippen LogP contribution in [-0.4, -0.2) is 39.4 Å². The number of guanidine groups is 1. The molecule has 152 valence electrons. The minimum Gasteiger partial charge on any atom is -0.489 e. The second-order valence-corrected chi connectivity index (χ2v) is 7.28. The van der Waals surface area contributed by atoms with Gasteiger partial charge in [0, 0.05) is 13.1 Å². The molecular weight excluding hydrogens is 359 g/mol.